The summed E-state index contributed by atoms with van der Waals surface area (Å²) in [7, 11) is 0. The Kier molecular flexibility index (Phi) is 7.06. The molecule has 0 bridgehead atoms. The summed E-state index contributed by atoms with van der Waals surface area (Å²) in [4.78, 5) is 50.6. The second-order valence-corrected chi connectivity index (χ2v) is 10.9. The molecule has 1 aromatic heterocycles. The molecule has 10 heteroatoms. The number of oxime groups is 1. The highest BCUT2D eigenvalue weighted by atomic mass is 19.1. The Hall–Kier alpha value is -4.86. The molecule has 0 radical (unpaired) electrons. The van der Waals surface area contributed by atoms with Gasteiger partial charge in [-0.3, -0.25) is 19.0 Å². The van der Waals surface area contributed by atoms with Crippen LogP contribution in [0.2, 0.25) is 0 Å². The number of rotatable bonds is 8. The van der Waals surface area contributed by atoms with Crippen LogP contribution in [-0.4, -0.2) is 44.4 Å². The SMILES string of the molecule is CC1(C(=O)N2CCc3ccccc32)CC(c2ccc3c(=O)n(-c4ccc(F)cc4)c(CCCCC(=O)O)nc3c2)=NO1. The number of fused-ring (bicyclic) bond motifs is 2. The van der Waals surface area contributed by atoms with Crippen LogP contribution < -0.4 is 10.5 Å². The molecule has 1 N–H and O–H groups in total. The number of anilines is 1. The lowest BCUT2D eigenvalue weighted by Crippen LogP contribution is -2.47. The van der Waals surface area contributed by atoms with Crippen LogP contribution in [0.25, 0.3) is 16.6 Å². The molecule has 2 aliphatic heterocycles. The minimum absolute atomic E-state index is 0.0127. The summed E-state index contributed by atoms with van der Waals surface area (Å²) in [5, 5.41) is 13.7. The van der Waals surface area contributed by atoms with Crippen LogP contribution in [0.5, 0.6) is 0 Å². The predicted octanol–water partition coefficient (Wildman–Crippen LogP) is 4.79. The van der Waals surface area contributed by atoms with E-state index in [0.29, 0.717) is 59.5 Å². The van der Waals surface area contributed by atoms with Gasteiger partial charge in [-0.2, -0.15) is 0 Å². The first-order chi connectivity index (χ1) is 20.2. The van der Waals surface area contributed by atoms with Crippen molar-refractivity contribution in [2.75, 3.05) is 11.4 Å². The second-order valence-electron chi connectivity index (χ2n) is 10.9. The van der Waals surface area contributed by atoms with Crippen LogP contribution in [0, 0.1) is 5.82 Å². The van der Waals surface area contributed by atoms with Crippen LogP contribution in [0.3, 0.4) is 0 Å². The number of aromatic nitrogens is 2. The molecular formula is C32H29FN4O5. The van der Waals surface area contributed by atoms with Crippen molar-refractivity contribution in [2.45, 2.75) is 51.0 Å². The number of amides is 1. The summed E-state index contributed by atoms with van der Waals surface area (Å²) in [6, 6.07) is 18.6. The molecule has 0 saturated heterocycles. The van der Waals surface area contributed by atoms with E-state index in [1.54, 1.807) is 30.0 Å². The molecule has 1 atom stereocenters. The van der Waals surface area contributed by atoms with E-state index < -0.39 is 17.4 Å². The first-order valence-corrected chi connectivity index (χ1v) is 13.9. The van der Waals surface area contributed by atoms with Crippen molar-refractivity contribution in [3.05, 3.63) is 99.9 Å². The van der Waals surface area contributed by atoms with Gasteiger partial charge in [-0.1, -0.05) is 29.4 Å². The highest BCUT2D eigenvalue weighted by Crippen LogP contribution is 2.35. The minimum atomic E-state index is -1.17. The average Bonchev–Trinajstić information content (AvgIpc) is 3.60. The molecule has 3 aromatic carbocycles. The largest absolute Gasteiger partial charge is 0.481 e. The number of aryl methyl sites for hydroxylation is 1. The van der Waals surface area contributed by atoms with Crippen molar-refractivity contribution in [1.29, 1.82) is 0 Å². The summed E-state index contributed by atoms with van der Waals surface area (Å²) in [5.74, 6) is -1.02. The summed E-state index contributed by atoms with van der Waals surface area (Å²) in [6.45, 7) is 2.32. The van der Waals surface area contributed by atoms with Gasteiger partial charge < -0.3 is 14.8 Å². The van der Waals surface area contributed by atoms with E-state index in [2.05, 4.69) is 5.16 Å². The summed E-state index contributed by atoms with van der Waals surface area (Å²) in [5.41, 5.74) is 2.71. The number of halogens is 1. The van der Waals surface area contributed by atoms with Gasteiger partial charge in [0.25, 0.3) is 11.5 Å². The maximum Gasteiger partial charge on any atom is 0.303 e. The number of hydrogen-bond acceptors (Lipinski definition) is 6. The third-order valence-corrected chi connectivity index (χ3v) is 7.84. The number of para-hydroxylation sites is 1. The van der Waals surface area contributed by atoms with Crippen molar-refractivity contribution >= 4 is 34.2 Å². The Morgan fingerprint density at radius 3 is 2.64 bits per heavy atom. The van der Waals surface area contributed by atoms with Gasteiger partial charge in [-0.05, 0) is 74.2 Å². The average molecular weight is 569 g/mol. The highest BCUT2D eigenvalue weighted by Gasteiger charge is 2.46. The van der Waals surface area contributed by atoms with Crippen molar-refractivity contribution in [3.63, 3.8) is 0 Å². The third-order valence-electron chi connectivity index (χ3n) is 7.84. The molecule has 214 valence electrons. The topological polar surface area (TPSA) is 114 Å². The molecule has 4 aromatic rings. The fourth-order valence-electron chi connectivity index (χ4n) is 5.64. The van der Waals surface area contributed by atoms with Crippen molar-refractivity contribution in [2.24, 2.45) is 5.16 Å². The van der Waals surface area contributed by atoms with E-state index in [1.165, 1.54) is 28.8 Å². The lowest BCUT2D eigenvalue weighted by molar-refractivity contribution is -0.138. The Morgan fingerprint density at radius 2 is 1.86 bits per heavy atom. The molecule has 1 unspecified atom stereocenters. The zero-order valence-corrected chi connectivity index (χ0v) is 23.0. The molecule has 0 fully saturated rings. The molecule has 42 heavy (non-hydrogen) atoms. The molecule has 0 aliphatic carbocycles. The number of unbranched alkanes of at least 4 members (excludes halogenated alkanes) is 1. The Morgan fingerprint density at radius 1 is 1.07 bits per heavy atom. The smallest absolute Gasteiger partial charge is 0.303 e. The van der Waals surface area contributed by atoms with Gasteiger partial charge in [0.2, 0.25) is 5.60 Å². The Labute approximate surface area is 240 Å². The number of nitrogens with zero attached hydrogens (tertiary/aromatic N) is 4. The standard InChI is InChI=1S/C32H29FN4O5/c1-32(31(41)36-17-16-20-6-2-3-7-27(20)36)19-26(35-42-32)21-10-15-24-25(18-21)34-28(8-4-5-9-29(38)39)37(30(24)40)23-13-11-22(33)12-14-23/h2-3,6-7,10-15,18H,4-5,8-9,16-17,19H2,1H3,(H,38,39). The number of benzene rings is 3. The first-order valence-electron chi connectivity index (χ1n) is 13.9. The molecule has 0 saturated carbocycles. The van der Waals surface area contributed by atoms with Gasteiger partial charge in [-0.25, -0.2) is 9.37 Å². The number of carbonyl (C=O) groups is 2. The third kappa shape index (κ3) is 5.04. The monoisotopic (exact) mass is 568 g/mol. The van der Waals surface area contributed by atoms with E-state index in [1.807, 2.05) is 24.3 Å². The summed E-state index contributed by atoms with van der Waals surface area (Å²) in [6.07, 6.45) is 2.34. The van der Waals surface area contributed by atoms with Crippen LogP contribution in [0.4, 0.5) is 10.1 Å². The van der Waals surface area contributed by atoms with Crippen LogP contribution in [0.15, 0.2) is 76.7 Å². The Bertz CT molecular complexity index is 1800. The Balaban J connectivity index is 1.30. The van der Waals surface area contributed by atoms with Crippen LogP contribution in [-0.2, 0) is 27.3 Å². The van der Waals surface area contributed by atoms with Crippen molar-refractivity contribution < 1.29 is 23.9 Å². The van der Waals surface area contributed by atoms with E-state index in [4.69, 9.17) is 14.9 Å². The zero-order valence-electron chi connectivity index (χ0n) is 23.0. The van der Waals surface area contributed by atoms with Crippen molar-refractivity contribution in [3.8, 4) is 5.69 Å². The fourth-order valence-corrected chi connectivity index (χ4v) is 5.64. The quantitative estimate of drug-likeness (QED) is 0.306. The fraction of sp³-hybridized carbons (Fsp3) is 0.281. The van der Waals surface area contributed by atoms with E-state index >= 15 is 0 Å². The van der Waals surface area contributed by atoms with Gasteiger partial charge in [-0.15, -0.1) is 0 Å². The molecule has 1 amide bonds. The van der Waals surface area contributed by atoms with Gasteiger partial charge in [0.15, 0.2) is 0 Å². The molecular weight excluding hydrogens is 539 g/mol. The van der Waals surface area contributed by atoms with Crippen LogP contribution in [0.1, 0.15) is 49.6 Å². The van der Waals surface area contributed by atoms with Gasteiger partial charge in [0.1, 0.15) is 11.6 Å². The van der Waals surface area contributed by atoms with E-state index in [9.17, 15) is 18.8 Å². The van der Waals surface area contributed by atoms with Crippen LogP contribution >= 0.6 is 0 Å². The highest BCUT2D eigenvalue weighted by molar-refractivity contribution is 6.10. The minimum Gasteiger partial charge on any atom is -0.481 e. The number of aliphatic carboxylic acids is 1. The number of carbonyl (C=O) groups excluding carboxylic acids is 1. The number of carboxylic acid groups (broad SMARTS) is 1. The second kappa shape index (κ2) is 10.8. The van der Waals surface area contributed by atoms with E-state index in [-0.39, 0.29) is 24.3 Å². The van der Waals surface area contributed by atoms with E-state index in [0.717, 1.165) is 17.7 Å². The zero-order chi connectivity index (χ0) is 29.4. The van der Waals surface area contributed by atoms with Gasteiger partial charge in [0.05, 0.1) is 22.3 Å². The molecule has 0 spiro atoms. The maximum atomic E-state index is 13.7. The maximum absolute atomic E-state index is 13.7. The first kappa shape index (κ1) is 27.3. The lowest BCUT2D eigenvalue weighted by atomic mass is 9.94. The van der Waals surface area contributed by atoms with Gasteiger partial charge >= 0.3 is 5.97 Å². The predicted molar refractivity (Wildman–Crippen MR) is 156 cm³/mol. The molecule has 9 nitrogen and oxygen atoms in total. The molecule has 6 rings (SSSR count). The van der Waals surface area contributed by atoms with Crippen molar-refractivity contribution in [1.82, 2.24) is 9.55 Å². The number of hydrogen-bond donors (Lipinski definition) is 1. The normalized spacial score (nSPS) is 17.7. The number of carboxylic acids is 1. The lowest BCUT2D eigenvalue weighted by Gasteiger charge is -2.27. The summed E-state index contributed by atoms with van der Waals surface area (Å²) >= 11 is 0. The molecule has 3 heterocycles. The van der Waals surface area contributed by atoms with Gasteiger partial charge in [0, 0.05) is 37.1 Å². The summed E-state index contributed by atoms with van der Waals surface area (Å²) < 4.78 is 15.1. The molecule has 2 aliphatic rings.